The van der Waals surface area contributed by atoms with Crippen LogP contribution >= 0.6 is 0 Å². The normalized spacial score (nSPS) is 13.9. The maximum absolute atomic E-state index is 2.67. The molecule has 2 heterocycles. The van der Waals surface area contributed by atoms with Crippen molar-refractivity contribution >= 4 is 47.3 Å². The molecule has 0 amide bonds. The average molecular weight is 440 g/mol. The quantitative estimate of drug-likeness (QED) is 0.405. The molecule has 0 saturated heterocycles. The van der Waals surface area contributed by atoms with Crippen LogP contribution in [0, 0.1) is 41.5 Å². The van der Waals surface area contributed by atoms with Crippen molar-refractivity contribution in [2.45, 2.75) is 41.5 Å². The van der Waals surface area contributed by atoms with E-state index in [4.69, 9.17) is 0 Å². The van der Waals surface area contributed by atoms with Gasteiger partial charge in [0.25, 0.3) is 0 Å². The van der Waals surface area contributed by atoms with E-state index in [1.807, 2.05) is 0 Å². The van der Waals surface area contributed by atoms with Crippen molar-refractivity contribution in [3.8, 4) is 0 Å². The maximum atomic E-state index is 2.67. The molecule has 0 unspecified atom stereocenters. The number of fused-ring (bicyclic) bond motifs is 5. The van der Waals surface area contributed by atoms with E-state index in [1.165, 1.54) is 66.8 Å². The zero-order valence-corrected chi connectivity index (χ0v) is 21.0. The summed E-state index contributed by atoms with van der Waals surface area (Å²) in [5.74, 6) is 0. The Morgan fingerprint density at radius 1 is 0.559 bits per heavy atom. The van der Waals surface area contributed by atoms with Gasteiger partial charge >= 0.3 is 13.8 Å². The summed E-state index contributed by atoms with van der Waals surface area (Å²) in [6.45, 7) is 13.8. The highest BCUT2D eigenvalue weighted by atomic mass is 15.3. The Balaban J connectivity index is 1.65. The third-order valence-corrected chi connectivity index (χ3v) is 7.66. The first-order valence-electron chi connectivity index (χ1n) is 12.3. The van der Waals surface area contributed by atoms with Gasteiger partial charge in [0.15, 0.2) is 0 Å². The Morgan fingerprint density at radius 3 is 1.68 bits per heavy atom. The van der Waals surface area contributed by atoms with Crippen LogP contribution in [0.25, 0.3) is 0 Å². The van der Waals surface area contributed by atoms with Gasteiger partial charge < -0.3 is 9.53 Å². The lowest BCUT2D eigenvalue weighted by Crippen LogP contribution is -2.57. The zero-order chi connectivity index (χ0) is 23.7. The van der Waals surface area contributed by atoms with Gasteiger partial charge in [-0.3, -0.25) is 0 Å². The van der Waals surface area contributed by atoms with Crippen LogP contribution in [0.3, 0.4) is 0 Å². The Labute approximate surface area is 204 Å². The van der Waals surface area contributed by atoms with Crippen LogP contribution in [0.2, 0.25) is 0 Å². The fraction of sp³-hybridized carbons (Fsp3) is 0.200. The number of anilines is 3. The van der Waals surface area contributed by atoms with Gasteiger partial charge in [-0.25, -0.2) is 0 Å². The molecule has 6 rings (SSSR count). The average Bonchev–Trinajstić information content (AvgIpc) is 3.27. The lowest BCUT2D eigenvalue weighted by atomic mass is 9.48. The van der Waals surface area contributed by atoms with Crippen molar-refractivity contribution in [3.05, 3.63) is 106 Å². The third-order valence-electron chi connectivity index (χ3n) is 7.66. The van der Waals surface area contributed by atoms with Gasteiger partial charge in [-0.2, -0.15) is 0 Å². The zero-order valence-electron chi connectivity index (χ0n) is 21.0. The summed E-state index contributed by atoms with van der Waals surface area (Å²) in [7, 11) is 0. The van der Waals surface area contributed by atoms with Crippen molar-refractivity contribution in [2.24, 2.45) is 0 Å². The number of benzene rings is 4. The van der Waals surface area contributed by atoms with E-state index in [0.29, 0.717) is 0 Å². The van der Waals surface area contributed by atoms with Crippen LogP contribution in [0.4, 0.5) is 17.1 Å². The Kier molecular flexibility index (Phi) is 4.71. The highest BCUT2D eigenvalue weighted by molar-refractivity contribution is 7.11. The summed E-state index contributed by atoms with van der Waals surface area (Å²) in [6, 6.07) is 27.4. The number of nitrogens with zero attached hydrogens (tertiary/aromatic N) is 2. The third kappa shape index (κ3) is 2.91. The van der Waals surface area contributed by atoms with Crippen molar-refractivity contribution in [1.82, 2.24) is 0 Å². The monoisotopic (exact) mass is 440 g/mol. The summed E-state index contributed by atoms with van der Waals surface area (Å²) in [4.78, 5) is 2.59. The lowest BCUT2D eigenvalue weighted by Gasteiger charge is -2.30. The Morgan fingerprint density at radius 2 is 1.06 bits per heavy atom. The van der Waals surface area contributed by atoms with Gasteiger partial charge in [0, 0.05) is 11.4 Å². The molecule has 0 N–H and O–H groups in total. The molecule has 4 heteroatoms. The molecule has 34 heavy (non-hydrogen) atoms. The molecular weight excluding hydrogens is 410 g/mol. The second-order valence-electron chi connectivity index (χ2n) is 10.2. The number of aryl methyl sites for hydroxylation is 6. The molecule has 166 valence electrons. The molecule has 2 nitrogen and oxygen atoms in total. The van der Waals surface area contributed by atoms with Crippen LogP contribution in [-0.4, -0.2) is 13.8 Å². The first-order chi connectivity index (χ1) is 16.4. The van der Waals surface area contributed by atoms with Gasteiger partial charge in [0.1, 0.15) is 0 Å². The first-order valence-corrected chi connectivity index (χ1v) is 12.3. The molecular formula is C30H30B2N2. The minimum Gasteiger partial charge on any atom is -0.428 e. The van der Waals surface area contributed by atoms with E-state index in [0.717, 1.165) is 0 Å². The summed E-state index contributed by atoms with van der Waals surface area (Å²) in [5.41, 5.74) is 16.3. The summed E-state index contributed by atoms with van der Waals surface area (Å²) >= 11 is 0. The second kappa shape index (κ2) is 7.56. The molecule has 2 aliphatic rings. The van der Waals surface area contributed by atoms with E-state index in [2.05, 4.69) is 124 Å². The minimum absolute atomic E-state index is 0.138. The first kappa shape index (κ1) is 21.2. The molecule has 0 spiro atoms. The van der Waals surface area contributed by atoms with Gasteiger partial charge in [0.2, 0.25) is 0 Å². The van der Waals surface area contributed by atoms with Gasteiger partial charge in [0.05, 0.1) is 5.69 Å². The summed E-state index contributed by atoms with van der Waals surface area (Å²) in [5, 5.41) is 0. The number of hydrogen-bond donors (Lipinski definition) is 0. The summed E-state index contributed by atoms with van der Waals surface area (Å²) in [6.07, 6.45) is 0. The Bertz CT molecular complexity index is 1300. The second-order valence-corrected chi connectivity index (χ2v) is 10.2. The van der Waals surface area contributed by atoms with Crippen LogP contribution in [0.5, 0.6) is 0 Å². The van der Waals surface area contributed by atoms with Gasteiger partial charge in [-0.05, 0) is 75.7 Å². The van der Waals surface area contributed by atoms with Gasteiger partial charge in [-0.15, -0.1) is 0 Å². The van der Waals surface area contributed by atoms with Crippen molar-refractivity contribution in [1.29, 1.82) is 0 Å². The van der Waals surface area contributed by atoms with E-state index in [-0.39, 0.29) is 13.8 Å². The van der Waals surface area contributed by atoms with Crippen LogP contribution in [0.1, 0.15) is 33.4 Å². The minimum atomic E-state index is 0.138. The highest BCUT2D eigenvalue weighted by Crippen LogP contribution is 2.46. The summed E-state index contributed by atoms with van der Waals surface area (Å²) < 4.78 is 2.67. The molecule has 0 atom stereocenters. The highest BCUT2D eigenvalue weighted by Gasteiger charge is 2.54. The molecule has 0 aliphatic carbocycles. The van der Waals surface area contributed by atoms with Gasteiger partial charge in [-0.1, -0.05) is 88.4 Å². The standard InChI is InChI=1S/C30H30B2N2/c1-19-15-21(3)29(22(4)16-19)31-25-11-7-8-12-26(25)32-33(27-13-9-10-14-28(27)34(31)32)30-23(5)17-20(2)18-24(30)6/h7-18H,1-6H3. The van der Waals surface area contributed by atoms with Crippen molar-refractivity contribution in [2.75, 3.05) is 9.53 Å². The fourth-order valence-electron chi connectivity index (χ4n) is 6.70. The van der Waals surface area contributed by atoms with E-state index in [9.17, 15) is 0 Å². The molecule has 0 radical (unpaired) electrons. The van der Waals surface area contributed by atoms with Crippen LogP contribution < -0.4 is 25.9 Å². The predicted octanol–water partition coefficient (Wildman–Crippen LogP) is 5.01. The smallest absolute Gasteiger partial charge is 0.403 e. The molecule has 4 aromatic carbocycles. The number of para-hydroxylation sites is 2. The van der Waals surface area contributed by atoms with Crippen molar-refractivity contribution in [3.63, 3.8) is 0 Å². The topological polar surface area (TPSA) is 6.48 Å². The van der Waals surface area contributed by atoms with Crippen LogP contribution in [-0.2, 0) is 0 Å². The molecule has 0 fully saturated rings. The maximum Gasteiger partial charge on any atom is 0.403 e. The molecule has 2 aliphatic heterocycles. The van der Waals surface area contributed by atoms with E-state index < -0.39 is 0 Å². The van der Waals surface area contributed by atoms with E-state index in [1.54, 1.807) is 0 Å². The number of hydrogen-bond acceptors (Lipinski definition) is 2. The predicted molar refractivity (Wildman–Crippen MR) is 149 cm³/mol. The molecule has 4 aromatic rings. The number of rotatable bonds is 2. The molecule has 0 bridgehead atoms. The SMILES string of the molecule is Cc1cc(C)c(B2c3ccccc3B3N2c2ccccc2N3c2c(C)cc(C)cc2C)c(C)c1. The Hall–Kier alpha value is -3.39. The van der Waals surface area contributed by atoms with Crippen LogP contribution in [0.15, 0.2) is 72.8 Å². The fourth-order valence-corrected chi connectivity index (χ4v) is 6.70. The van der Waals surface area contributed by atoms with Crippen molar-refractivity contribution < 1.29 is 0 Å². The largest absolute Gasteiger partial charge is 0.428 e. The lowest BCUT2D eigenvalue weighted by molar-refractivity contribution is 1.26. The molecule has 0 saturated carbocycles. The molecule has 0 aromatic heterocycles. The van der Waals surface area contributed by atoms with E-state index >= 15 is 0 Å².